The van der Waals surface area contributed by atoms with Crippen LogP contribution in [0.3, 0.4) is 0 Å². The summed E-state index contributed by atoms with van der Waals surface area (Å²) in [5.74, 6) is 0.804. The Morgan fingerprint density at radius 3 is 2.80 bits per heavy atom. The third-order valence-corrected chi connectivity index (χ3v) is 4.19. The fraction of sp³-hybridized carbons (Fsp3) is 0.286. The van der Waals surface area contributed by atoms with E-state index in [2.05, 4.69) is 17.1 Å². The lowest BCUT2D eigenvalue weighted by Gasteiger charge is -2.15. The standard InChI is InChI=1S/C14H14ClN3OS/c1-7-12(9(3)19-17-7)8(2)18-13-10(15)5-4-6-11(13)16-14(18)20/h4-6,8H,1-3H3,(H,16,20). The van der Waals surface area contributed by atoms with Crippen molar-refractivity contribution >= 4 is 34.9 Å². The second-order valence-corrected chi connectivity index (χ2v) is 5.64. The number of H-pyrrole nitrogens is 1. The minimum absolute atomic E-state index is 0.00222. The fourth-order valence-electron chi connectivity index (χ4n) is 2.72. The van der Waals surface area contributed by atoms with E-state index < -0.39 is 0 Å². The lowest BCUT2D eigenvalue weighted by atomic mass is 10.1. The minimum Gasteiger partial charge on any atom is -0.361 e. The molecule has 3 rings (SSSR count). The second-order valence-electron chi connectivity index (χ2n) is 4.85. The highest BCUT2D eigenvalue weighted by atomic mass is 35.5. The van der Waals surface area contributed by atoms with Gasteiger partial charge in [-0.3, -0.25) is 0 Å². The Morgan fingerprint density at radius 1 is 1.40 bits per heavy atom. The predicted octanol–water partition coefficient (Wildman–Crippen LogP) is 4.57. The van der Waals surface area contributed by atoms with Gasteiger partial charge < -0.3 is 14.1 Å². The number of benzene rings is 1. The molecule has 104 valence electrons. The van der Waals surface area contributed by atoms with Crippen LogP contribution in [0.5, 0.6) is 0 Å². The fourth-order valence-corrected chi connectivity index (χ4v) is 3.35. The monoisotopic (exact) mass is 307 g/mol. The van der Waals surface area contributed by atoms with Gasteiger partial charge in [-0.25, -0.2) is 0 Å². The van der Waals surface area contributed by atoms with E-state index in [1.807, 2.05) is 36.6 Å². The average molecular weight is 308 g/mol. The number of fused-ring (bicyclic) bond motifs is 1. The average Bonchev–Trinajstić information content (AvgIpc) is 2.90. The zero-order chi connectivity index (χ0) is 14.4. The number of hydrogen-bond donors (Lipinski definition) is 1. The van der Waals surface area contributed by atoms with Crippen molar-refractivity contribution in [2.75, 3.05) is 0 Å². The van der Waals surface area contributed by atoms with Gasteiger partial charge in [0.1, 0.15) is 5.76 Å². The molecule has 0 spiro atoms. The van der Waals surface area contributed by atoms with Crippen LogP contribution in [-0.2, 0) is 0 Å². The molecule has 6 heteroatoms. The van der Waals surface area contributed by atoms with Gasteiger partial charge in [0.15, 0.2) is 4.77 Å². The number of halogens is 1. The number of nitrogens with zero attached hydrogens (tertiary/aromatic N) is 2. The number of aromatic amines is 1. The Bertz CT molecular complexity index is 826. The molecule has 0 aliphatic carbocycles. The van der Waals surface area contributed by atoms with Gasteiger partial charge in [0.2, 0.25) is 0 Å². The van der Waals surface area contributed by atoms with Gasteiger partial charge in [0.25, 0.3) is 0 Å². The summed E-state index contributed by atoms with van der Waals surface area (Å²) in [6.45, 7) is 5.91. The highest BCUT2D eigenvalue weighted by Gasteiger charge is 2.21. The summed E-state index contributed by atoms with van der Waals surface area (Å²) in [5.41, 5.74) is 3.76. The van der Waals surface area contributed by atoms with Gasteiger partial charge in [-0.1, -0.05) is 22.8 Å². The van der Waals surface area contributed by atoms with Crippen molar-refractivity contribution in [2.45, 2.75) is 26.8 Å². The van der Waals surface area contributed by atoms with E-state index in [-0.39, 0.29) is 6.04 Å². The summed E-state index contributed by atoms with van der Waals surface area (Å²) in [6.07, 6.45) is 0. The predicted molar refractivity (Wildman–Crippen MR) is 81.9 cm³/mol. The van der Waals surface area contributed by atoms with Crippen LogP contribution in [0.1, 0.15) is 30.0 Å². The van der Waals surface area contributed by atoms with Crippen molar-refractivity contribution in [3.05, 3.63) is 45.0 Å². The first kappa shape index (κ1) is 13.4. The Balaban J connectivity index is 2.30. The molecule has 20 heavy (non-hydrogen) atoms. The highest BCUT2D eigenvalue weighted by molar-refractivity contribution is 7.71. The van der Waals surface area contributed by atoms with Crippen molar-refractivity contribution in [1.82, 2.24) is 14.7 Å². The van der Waals surface area contributed by atoms with Crippen molar-refractivity contribution in [3.63, 3.8) is 0 Å². The number of hydrogen-bond acceptors (Lipinski definition) is 3. The number of para-hydroxylation sites is 1. The van der Waals surface area contributed by atoms with Gasteiger partial charge in [0, 0.05) is 5.56 Å². The molecule has 1 unspecified atom stereocenters. The normalized spacial score (nSPS) is 13.0. The van der Waals surface area contributed by atoms with E-state index in [1.165, 1.54) is 0 Å². The molecule has 4 nitrogen and oxygen atoms in total. The molecular weight excluding hydrogens is 294 g/mol. The van der Waals surface area contributed by atoms with Crippen molar-refractivity contribution in [3.8, 4) is 0 Å². The van der Waals surface area contributed by atoms with E-state index in [9.17, 15) is 0 Å². The molecule has 1 N–H and O–H groups in total. The Labute approximate surface area is 126 Å². The molecule has 2 heterocycles. The lowest BCUT2D eigenvalue weighted by Crippen LogP contribution is -2.08. The lowest BCUT2D eigenvalue weighted by molar-refractivity contribution is 0.391. The first-order valence-electron chi connectivity index (χ1n) is 6.32. The van der Waals surface area contributed by atoms with Crippen LogP contribution >= 0.6 is 23.8 Å². The third-order valence-electron chi connectivity index (χ3n) is 3.58. The van der Waals surface area contributed by atoms with Crippen LogP contribution in [0.15, 0.2) is 22.7 Å². The molecule has 0 aliphatic rings. The smallest absolute Gasteiger partial charge is 0.178 e. The van der Waals surface area contributed by atoms with E-state index in [4.69, 9.17) is 28.3 Å². The number of rotatable bonds is 2. The molecule has 0 bridgehead atoms. The summed E-state index contributed by atoms with van der Waals surface area (Å²) in [6, 6.07) is 5.74. The highest BCUT2D eigenvalue weighted by Crippen LogP contribution is 2.31. The van der Waals surface area contributed by atoms with Crippen LogP contribution < -0.4 is 0 Å². The maximum Gasteiger partial charge on any atom is 0.178 e. The van der Waals surface area contributed by atoms with Crippen molar-refractivity contribution in [1.29, 1.82) is 0 Å². The molecular formula is C14H14ClN3OS. The minimum atomic E-state index is 0.00222. The molecule has 1 aromatic carbocycles. The number of aryl methyl sites for hydroxylation is 2. The number of imidazole rings is 1. The molecule has 3 aromatic rings. The van der Waals surface area contributed by atoms with E-state index >= 15 is 0 Å². The summed E-state index contributed by atoms with van der Waals surface area (Å²) >= 11 is 11.8. The second kappa shape index (κ2) is 4.75. The van der Waals surface area contributed by atoms with E-state index in [0.717, 1.165) is 28.1 Å². The van der Waals surface area contributed by atoms with Crippen molar-refractivity contribution in [2.24, 2.45) is 0 Å². The molecule has 2 aromatic heterocycles. The molecule has 0 saturated heterocycles. The molecule has 0 radical (unpaired) electrons. The topological polar surface area (TPSA) is 46.8 Å². The summed E-state index contributed by atoms with van der Waals surface area (Å²) < 4.78 is 7.91. The van der Waals surface area contributed by atoms with Gasteiger partial charge in [-0.05, 0) is 45.1 Å². The molecule has 0 saturated carbocycles. The first-order chi connectivity index (χ1) is 9.50. The van der Waals surface area contributed by atoms with E-state index in [1.54, 1.807) is 0 Å². The van der Waals surface area contributed by atoms with Crippen LogP contribution in [0, 0.1) is 18.6 Å². The zero-order valence-corrected chi connectivity index (χ0v) is 13.0. The molecule has 0 amide bonds. The van der Waals surface area contributed by atoms with Crippen LogP contribution in [0.4, 0.5) is 0 Å². The molecule has 1 atom stereocenters. The van der Waals surface area contributed by atoms with Crippen LogP contribution in [-0.4, -0.2) is 14.7 Å². The zero-order valence-electron chi connectivity index (χ0n) is 11.4. The maximum atomic E-state index is 6.33. The number of aromatic nitrogens is 3. The van der Waals surface area contributed by atoms with E-state index in [0.29, 0.717) is 9.79 Å². The molecule has 0 fully saturated rings. The maximum absolute atomic E-state index is 6.33. The third kappa shape index (κ3) is 1.89. The van der Waals surface area contributed by atoms with Gasteiger partial charge in [-0.15, -0.1) is 0 Å². The largest absolute Gasteiger partial charge is 0.361 e. The van der Waals surface area contributed by atoms with Gasteiger partial charge in [-0.2, -0.15) is 0 Å². The Kier molecular flexibility index (Phi) is 3.18. The summed E-state index contributed by atoms with van der Waals surface area (Å²) in [4.78, 5) is 3.19. The number of nitrogens with one attached hydrogen (secondary N) is 1. The Morgan fingerprint density at radius 2 is 2.15 bits per heavy atom. The quantitative estimate of drug-likeness (QED) is 0.706. The molecule has 0 aliphatic heterocycles. The van der Waals surface area contributed by atoms with Gasteiger partial charge in [0.05, 0.1) is 27.8 Å². The SMILES string of the molecule is Cc1noc(C)c1C(C)n1c(=S)[nH]c2cccc(Cl)c21. The van der Waals surface area contributed by atoms with Crippen LogP contribution in [0.25, 0.3) is 11.0 Å². The summed E-state index contributed by atoms with van der Waals surface area (Å²) in [7, 11) is 0. The van der Waals surface area contributed by atoms with Crippen LogP contribution in [0.2, 0.25) is 5.02 Å². The summed E-state index contributed by atoms with van der Waals surface area (Å²) in [5, 5.41) is 4.69. The van der Waals surface area contributed by atoms with Gasteiger partial charge >= 0.3 is 0 Å². The first-order valence-corrected chi connectivity index (χ1v) is 7.11. The van der Waals surface area contributed by atoms with Crippen molar-refractivity contribution < 1.29 is 4.52 Å². The Hall–Kier alpha value is -1.59.